The maximum atomic E-state index is 12.1. The summed E-state index contributed by atoms with van der Waals surface area (Å²) in [5, 5.41) is 3.82. The Morgan fingerprint density at radius 2 is 2.16 bits per heavy atom. The number of nitrogen functional groups attached to an aromatic ring is 1. The van der Waals surface area contributed by atoms with Crippen molar-refractivity contribution in [2.75, 3.05) is 12.3 Å². The molecule has 1 aromatic heterocycles. The van der Waals surface area contributed by atoms with Crippen molar-refractivity contribution < 1.29 is 4.79 Å². The fraction of sp³-hybridized carbons (Fsp3) is 0.267. The van der Waals surface area contributed by atoms with Crippen LogP contribution in [0, 0.1) is 6.92 Å². The molecule has 2 rings (SSSR count). The highest BCUT2D eigenvalue weighted by Gasteiger charge is 2.15. The average molecular weight is 274 g/mol. The van der Waals surface area contributed by atoms with E-state index in [0.29, 0.717) is 17.1 Å². The zero-order valence-corrected chi connectivity index (χ0v) is 12.2. The van der Waals surface area contributed by atoms with Gasteiger partial charge in [-0.05, 0) is 32.4 Å². The summed E-state index contributed by atoms with van der Waals surface area (Å²) in [5.74, 6) is -0.103. The molecule has 0 fully saturated rings. The molecule has 0 spiro atoms. The number of carbonyl (C=O) groups is 1. The molecule has 0 aliphatic heterocycles. The first-order valence-electron chi connectivity index (χ1n) is 6.19. The second-order valence-electron chi connectivity index (χ2n) is 4.84. The van der Waals surface area contributed by atoms with E-state index in [1.165, 1.54) is 22.5 Å². The molecule has 100 valence electrons. The Bertz CT molecular complexity index is 651. The minimum absolute atomic E-state index is 0.103. The van der Waals surface area contributed by atoms with Crippen LogP contribution in [0.15, 0.2) is 29.8 Å². The molecular formula is C15H18N2OS. The lowest BCUT2D eigenvalue weighted by atomic mass is 10.1. The molecule has 1 amide bonds. The Morgan fingerprint density at radius 1 is 1.42 bits per heavy atom. The third kappa shape index (κ3) is 2.96. The maximum absolute atomic E-state index is 12.1. The van der Waals surface area contributed by atoms with Gasteiger partial charge < -0.3 is 11.1 Å². The van der Waals surface area contributed by atoms with Crippen molar-refractivity contribution in [3.05, 3.63) is 40.3 Å². The number of fused-ring (bicyclic) bond motifs is 1. The average Bonchev–Trinajstić information content (AvgIpc) is 2.65. The maximum Gasteiger partial charge on any atom is 0.263 e. The van der Waals surface area contributed by atoms with Gasteiger partial charge in [0.2, 0.25) is 0 Å². The standard InChI is InChI=1S/C15H18N2OS/c1-9(2)6-7-17-15(18)14-13(16)11-5-4-10(3)8-12(11)19-14/h4-6,8H,7,16H2,1-3H3,(H,17,18). The van der Waals surface area contributed by atoms with Crippen molar-refractivity contribution in [1.82, 2.24) is 5.32 Å². The van der Waals surface area contributed by atoms with Crippen molar-refractivity contribution >= 4 is 33.0 Å². The molecule has 0 aliphatic carbocycles. The summed E-state index contributed by atoms with van der Waals surface area (Å²) in [5.41, 5.74) is 8.99. The number of nitrogens with two attached hydrogens (primary N) is 1. The summed E-state index contributed by atoms with van der Waals surface area (Å²) < 4.78 is 1.06. The Balaban J connectivity index is 2.27. The molecule has 0 atom stereocenters. The van der Waals surface area contributed by atoms with Crippen LogP contribution in [0.1, 0.15) is 29.1 Å². The number of nitrogens with one attached hydrogen (secondary N) is 1. The topological polar surface area (TPSA) is 55.1 Å². The van der Waals surface area contributed by atoms with Crippen molar-refractivity contribution in [2.45, 2.75) is 20.8 Å². The van der Waals surface area contributed by atoms with E-state index in [4.69, 9.17) is 5.73 Å². The van der Waals surface area contributed by atoms with Gasteiger partial charge in [-0.15, -0.1) is 11.3 Å². The van der Waals surface area contributed by atoms with E-state index in [1.54, 1.807) is 0 Å². The number of thiophene rings is 1. The van der Waals surface area contributed by atoms with Gasteiger partial charge in [0, 0.05) is 16.6 Å². The number of benzene rings is 1. The third-order valence-corrected chi connectivity index (χ3v) is 4.03. The number of carbonyl (C=O) groups excluding carboxylic acids is 1. The van der Waals surface area contributed by atoms with Gasteiger partial charge in [-0.2, -0.15) is 0 Å². The van der Waals surface area contributed by atoms with Crippen LogP contribution in [0.5, 0.6) is 0 Å². The molecular weight excluding hydrogens is 256 g/mol. The summed E-state index contributed by atoms with van der Waals surface area (Å²) in [6, 6.07) is 6.04. The second-order valence-corrected chi connectivity index (χ2v) is 5.89. The number of allylic oxidation sites excluding steroid dienone is 1. The smallest absolute Gasteiger partial charge is 0.263 e. The number of aryl methyl sites for hydroxylation is 1. The van der Waals surface area contributed by atoms with Gasteiger partial charge in [0.05, 0.1) is 5.69 Å². The molecule has 0 aliphatic rings. The molecule has 19 heavy (non-hydrogen) atoms. The normalized spacial score (nSPS) is 10.5. The summed E-state index contributed by atoms with van der Waals surface area (Å²) in [7, 11) is 0. The van der Waals surface area contributed by atoms with Gasteiger partial charge in [0.15, 0.2) is 0 Å². The van der Waals surface area contributed by atoms with Crippen LogP contribution in [0.3, 0.4) is 0 Å². The van der Waals surface area contributed by atoms with E-state index < -0.39 is 0 Å². The summed E-state index contributed by atoms with van der Waals surface area (Å²) in [4.78, 5) is 12.7. The zero-order valence-electron chi connectivity index (χ0n) is 11.4. The highest BCUT2D eigenvalue weighted by atomic mass is 32.1. The van der Waals surface area contributed by atoms with E-state index in [-0.39, 0.29) is 5.91 Å². The summed E-state index contributed by atoms with van der Waals surface area (Å²) in [6.07, 6.45) is 1.98. The fourth-order valence-electron chi connectivity index (χ4n) is 1.82. The molecule has 0 unspecified atom stereocenters. The number of hydrogen-bond donors (Lipinski definition) is 2. The molecule has 1 aromatic carbocycles. The van der Waals surface area contributed by atoms with Crippen LogP contribution in [-0.2, 0) is 0 Å². The van der Waals surface area contributed by atoms with E-state index in [2.05, 4.69) is 11.4 Å². The Morgan fingerprint density at radius 3 is 2.84 bits per heavy atom. The predicted octanol–water partition coefficient (Wildman–Crippen LogP) is 3.49. The van der Waals surface area contributed by atoms with Gasteiger partial charge in [-0.25, -0.2) is 0 Å². The lowest BCUT2D eigenvalue weighted by Gasteiger charge is -2.01. The van der Waals surface area contributed by atoms with Gasteiger partial charge in [0.1, 0.15) is 4.88 Å². The van der Waals surface area contributed by atoms with Crippen molar-refractivity contribution in [3.8, 4) is 0 Å². The van der Waals surface area contributed by atoms with Crippen molar-refractivity contribution in [3.63, 3.8) is 0 Å². The van der Waals surface area contributed by atoms with Crippen molar-refractivity contribution in [1.29, 1.82) is 0 Å². The first-order chi connectivity index (χ1) is 8.99. The molecule has 3 nitrogen and oxygen atoms in total. The molecule has 2 aromatic rings. The summed E-state index contributed by atoms with van der Waals surface area (Å²) >= 11 is 1.45. The van der Waals surface area contributed by atoms with Crippen LogP contribution in [-0.4, -0.2) is 12.5 Å². The first-order valence-corrected chi connectivity index (χ1v) is 7.01. The summed E-state index contributed by atoms with van der Waals surface area (Å²) in [6.45, 7) is 6.57. The van der Waals surface area contributed by atoms with Gasteiger partial charge in [0.25, 0.3) is 5.91 Å². The Hall–Kier alpha value is -1.81. The van der Waals surface area contributed by atoms with Gasteiger partial charge in [-0.3, -0.25) is 4.79 Å². The van der Waals surface area contributed by atoms with Gasteiger partial charge >= 0.3 is 0 Å². The van der Waals surface area contributed by atoms with Crippen LogP contribution in [0.25, 0.3) is 10.1 Å². The molecule has 3 N–H and O–H groups in total. The van der Waals surface area contributed by atoms with Crippen LogP contribution in [0.4, 0.5) is 5.69 Å². The van der Waals surface area contributed by atoms with Crippen LogP contribution in [0.2, 0.25) is 0 Å². The lowest BCUT2D eigenvalue weighted by molar-refractivity contribution is 0.0963. The lowest BCUT2D eigenvalue weighted by Crippen LogP contribution is -2.23. The Kier molecular flexibility index (Phi) is 3.90. The largest absolute Gasteiger partial charge is 0.397 e. The second kappa shape index (κ2) is 5.45. The Labute approximate surface area is 117 Å². The molecule has 0 saturated carbocycles. The molecule has 0 radical (unpaired) electrons. The van der Waals surface area contributed by atoms with Crippen LogP contribution >= 0.6 is 11.3 Å². The number of anilines is 1. The number of amides is 1. The number of rotatable bonds is 3. The molecule has 4 heteroatoms. The molecule has 0 saturated heterocycles. The third-order valence-electron chi connectivity index (χ3n) is 2.86. The first kappa shape index (κ1) is 13.6. The van der Waals surface area contributed by atoms with Crippen molar-refractivity contribution in [2.24, 2.45) is 0 Å². The van der Waals surface area contributed by atoms with Crippen LogP contribution < -0.4 is 11.1 Å². The van der Waals surface area contributed by atoms with E-state index >= 15 is 0 Å². The SMILES string of the molecule is CC(C)=CCNC(=O)c1sc2cc(C)ccc2c1N. The van der Waals surface area contributed by atoms with E-state index in [0.717, 1.165) is 10.1 Å². The minimum atomic E-state index is -0.103. The van der Waals surface area contributed by atoms with E-state index in [9.17, 15) is 4.79 Å². The highest BCUT2D eigenvalue weighted by Crippen LogP contribution is 2.33. The predicted molar refractivity (Wildman–Crippen MR) is 82.7 cm³/mol. The molecule has 0 bridgehead atoms. The monoisotopic (exact) mass is 274 g/mol. The number of hydrogen-bond acceptors (Lipinski definition) is 3. The quantitative estimate of drug-likeness (QED) is 0.842. The molecule has 1 heterocycles. The fourth-order valence-corrected chi connectivity index (χ4v) is 2.96. The zero-order chi connectivity index (χ0) is 14.0. The highest BCUT2D eigenvalue weighted by molar-refractivity contribution is 7.21. The van der Waals surface area contributed by atoms with Gasteiger partial charge in [-0.1, -0.05) is 23.8 Å². The minimum Gasteiger partial charge on any atom is -0.397 e. The van der Waals surface area contributed by atoms with E-state index in [1.807, 2.05) is 39.0 Å².